The van der Waals surface area contributed by atoms with E-state index in [0.717, 1.165) is 30.6 Å². The molecule has 2 aromatic carbocycles. The number of alkyl halides is 1. The first-order valence-corrected chi connectivity index (χ1v) is 12.9. The highest BCUT2D eigenvalue weighted by Gasteiger charge is 2.27. The Balaban J connectivity index is 1.36. The maximum Gasteiger partial charge on any atom is 0.307 e. The Bertz CT molecular complexity index is 1200. The summed E-state index contributed by atoms with van der Waals surface area (Å²) in [4.78, 5) is 11.5. The molecule has 1 aliphatic rings. The minimum Gasteiger partial charge on any atom is -0.493 e. The van der Waals surface area contributed by atoms with Crippen LogP contribution < -0.4 is 10.1 Å². The molecule has 0 aliphatic heterocycles. The number of aliphatic carboxylic acids is 1. The molecule has 0 bridgehead atoms. The predicted molar refractivity (Wildman–Crippen MR) is 142 cm³/mol. The molecule has 1 aromatic heterocycles. The average Bonchev–Trinajstić information content (AvgIpc) is 3.22. The smallest absolute Gasteiger partial charge is 0.307 e. The highest BCUT2D eigenvalue weighted by atomic mass is 35.5. The summed E-state index contributed by atoms with van der Waals surface area (Å²) in [6.45, 7) is 3.45. The van der Waals surface area contributed by atoms with E-state index >= 15 is 0 Å². The molecule has 3 aromatic rings. The van der Waals surface area contributed by atoms with Crippen LogP contribution in [0.4, 0.5) is 0 Å². The van der Waals surface area contributed by atoms with Crippen LogP contribution >= 0.6 is 22.9 Å². The van der Waals surface area contributed by atoms with Gasteiger partial charge in [-0.15, -0.1) is 11.3 Å². The van der Waals surface area contributed by atoms with Gasteiger partial charge in [-0.1, -0.05) is 73.0 Å². The number of benzene rings is 2. The van der Waals surface area contributed by atoms with Crippen LogP contribution in [0.2, 0.25) is 0 Å². The van der Waals surface area contributed by atoms with E-state index in [-0.39, 0.29) is 6.42 Å². The normalized spacial score (nSPS) is 17.6. The monoisotopic (exact) mass is 495 g/mol. The molecule has 1 aliphatic carbocycles. The van der Waals surface area contributed by atoms with E-state index in [9.17, 15) is 4.79 Å². The number of hydrogen-bond donors (Lipinski definition) is 2. The van der Waals surface area contributed by atoms with Gasteiger partial charge in [-0.2, -0.15) is 0 Å². The number of allylic oxidation sites excluding steroid dienone is 2. The van der Waals surface area contributed by atoms with Gasteiger partial charge in [0.2, 0.25) is 0 Å². The van der Waals surface area contributed by atoms with Gasteiger partial charge in [-0.25, -0.2) is 0 Å². The zero-order chi connectivity index (χ0) is 24.0. The van der Waals surface area contributed by atoms with Crippen LogP contribution in [0.1, 0.15) is 38.2 Å². The third kappa shape index (κ3) is 6.29. The van der Waals surface area contributed by atoms with Crippen LogP contribution in [-0.4, -0.2) is 29.2 Å². The Kier molecular flexibility index (Phi) is 8.09. The number of carbonyl (C=O) groups is 1. The number of thiophene rings is 1. The first-order chi connectivity index (χ1) is 16.5. The van der Waals surface area contributed by atoms with Crippen molar-refractivity contribution in [3.05, 3.63) is 77.9 Å². The minimum atomic E-state index is -0.838. The zero-order valence-corrected chi connectivity index (χ0v) is 20.9. The first kappa shape index (κ1) is 24.5. The number of carboxylic acid groups (broad SMARTS) is 1. The third-order valence-corrected chi connectivity index (χ3v) is 7.37. The molecule has 1 unspecified atom stereocenters. The van der Waals surface area contributed by atoms with Crippen LogP contribution in [0.5, 0.6) is 5.75 Å². The molecular weight excluding hydrogens is 466 g/mol. The molecular formula is C28H30ClNO3S. The van der Waals surface area contributed by atoms with Crippen LogP contribution in [0, 0.1) is 0 Å². The Morgan fingerprint density at radius 1 is 1.24 bits per heavy atom. The molecule has 178 valence electrons. The molecule has 0 radical (unpaired) electrons. The summed E-state index contributed by atoms with van der Waals surface area (Å²) in [6, 6.07) is 17.2. The molecule has 0 fully saturated rings. The van der Waals surface area contributed by atoms with Gasteiger partial charge in [0.15, 0.2) is 0 Å². The van der Waals surface area contributed by atoms with E-state index < -0.39 is 11.0 Å². The van der Waals surface area contributed by atoms with Crippen LogP contribution in [0.25, 0.3) is 20.5 Å². The Hall–Kier alpha value is -2.60. The van der Waals surface area contributed by atoms with Crippen molar-refractivity contribution in [2.45, 2.75) is 44.0 Å². The van der Waals surface area contributed by atoms with Crippen molar-refractivity contribution in [3.8, 4) is 16.2 Å². The summed E-state index contributed by atoms with van der Waals surface area (Å²) in [5.74, 6) is 0.121. The second kappa shape index (κ2) is 11.2. The zero-order valence-electron chi connectivity index (χ0n) is 19.4. The van der Waals surface area contributed by atoms with Gasteiger partial charge in [-0.3, -0.25) is 10.1 Å². The fraction of sp³-hybridized carbons (Fsp3) is 0.321. The number of carboxylic acids is 1. The number of rotatable bonds is 11. The number of ether oxygens (including phenoxy) is 1. The molecule has 0 saturated heterocycles. The summed E-state index contributed by atoms with van der Waals surface area (Å²) in [7, 11) is 0. The summed E-state index contributed by atoms with van der Waals surface area (Å²) >= 11 is 8.46. The molecule has 6 heteroatoms. The van der Waals surface area contributed by atoms with Crippen molar-refractivity contribution in [2.24, 2.45) is 0 Å². The molecule has 34 heavy (non-hydrogen) atoms. The standard InChI is InChI=1S/C28H30ClNO3S/c1-2-8-22-16-23-17-25(21-10-4-3-5-11-21)34-26(23)18-24(22)33-14-7-13-30-28(29)12-6-9-20(19-28)15-27(31)32/h3-6,9-12,16-18,30H,2,7-8,13-15,19H2,1H3,(H,31,32). The molecule has 4 rings (SSSR count). The summed E-state index contributed by atoms with van der Waals surface area (Å²) < 4.78 is 7.46. The van der Waals surface area contributed by atoms with Gasteiger partial charge < -0.3 is 9.84 Å². The van der Waals surface area contributed by atoms with Gasteiger partial charge in [0.1, 0.15) is 10.7 Å². The highest BCUT2D eigenvalue weighted by molar-refractivity contribution is 7.22. The van der Waals surface area contributed by atoms with Crippen molar-refractivity contribution in [2.75, 3.05) is 13.2 Å². The second-order valence-corrected chi connectivity index (χ2v) is 10.4. The third-order valence-electron chi connectivity index (χ3n) is 5.83. The summed E-state index contributed by atoms with van der Waals surface area (Å²) in [5.41, 5.74) is 3.30. The van der Waals surface area contributed by atoms with Crippen LogP contribution in [0.15, 0.2) is 72.3 Å². The quantitative estimate of drug-likeness (QED) is 0.168. The Morgan fingerprint density at radius 2 is 2.06 bits per heavy atom. The maximum absolute atomic E-state index is 11.0. The lowest BCUT2D eigenvalue weighted by atomic mass is 9.97. The van der Waals surface area contributed by atoms with E-state index in [1.807, 2.05) is 24.3 Å². The predicted octanol–water partition coefficient (Wildman–Crippen LogP) is 7.18. The van der Waals surface area contributed by atoms with Gasteiger partial charge in [0, 0.05) is 22.5 Å². The summed E-state index contributed by atoms with van der Waals surface area (Å²) in [6.07, 6.45) is 8.88. The largest absolute Gasteiger partial charge is 0.493 e. The maximum atomic E-state index is 11.0. The fourth-order valence-corrected chi connectivity index (χ4v) is 5.65. The average molecular weight is 496 g/mol. The van der Waals surface area contributed by atoms with Crippen molar-refractivity contribution >= 4 is 39.0 Å². The van der Waals surface area contributed by atoms with Crippen molar-refractivity contribution in [3.63, 3.8) is 0 Å². The van der Waals surface area contributed by atoms with Crippen molar-refractivity contribution in [1.29, 1.82) is 0 Å². The van der Waals surface area contributed by atoms with E-state index in [4.69, 9.17) is 21.4 Å². The molecule has 0 amide bonds. The number of aryl methyl sites for hydroxylation is 1. The fourth-order valence-electron chi connectivity index (χ4n) is 4.23. The van der Waals surface area contributed by atoms with Crippen LogP contribution in [-0.2, 0) is 11.2 Å². The van der Waals surface area contributed by atoms with Gasteiger partial charge >= 0.3 is 5.97 Å². The highest BCUT2D eigenvalue weighted by Crippen LogP contribution is 2.37. The molecule has 0 saturated carbocycles. The van der Waals surface area contributed by atoms with Gasteiger partial charge in [0.25, 0.3) is 0 Å². The lowest BCUT2D eigenvalue weighted by Crippen LogP contribution is -2.40. The molecule has 4 nitrogen and oxygen atoms in total. The van der Waals surface area contributed by atoms with Gasteiger partial charge in [0.05, 0.1) is 13.0 Å². The summed E-state index contributed by atoms with van der Waals surface area (Å²) in [5, 5.41) is 13.6. The topological polar surface area (TPSA) is 58.6 Å². The number of hydrogen-bond acceptors (Lipinski definition) is 4. The number of nitrogens with one attached hydrogen (secondary N) is 1. The SMILES string of the molecule is CCCc1cc2cc(-c3ccccc3)sc2cc1OCCCNC1(Cl)C=CC=C(CC(=O)O)C1. The van der Waals surface area contributed by atoms with E-state index in [1.54, 1.807) is 11.3 Å². The second-order valence-electron chi connectivity index (χ2n) is 8.65. The number of halogens is 1. The molecule has 1 atom stereocenters. The van der Waals surface area contributed by atoms with Gasteiger partial charge in [-0.05, 0) is 53.6 Å². The molecule has 2 N–H and O–H groups in total. The minimum absolute atomic E-state index is 0.0149. The molecule has 1 heterocycles. The first-order valence-electron chi connectivity index (χ1n) is 11.7. The van der Waals surface area contributed by atoms with Crippen molar-refractivity contribution in [1.82, 2.24) is 5.32 Å². The number of fused-ring (bicyclic) bond motifs is 1. The Morgan fingerprint density at radius 3 is 2.82 bits per heavy atom. The molecule has 0 spiro atoms. The lowest BCUT2D eigenvalue weighted by Gasteiger charge is -2.28. The lowest BCUT2D eigenvalue weighted by molar-refractivity contribution is -0.136. The van der Waals surface area contributed by atoms with E-state index in [0.29, 0.717) is 19.6 Å². The van der Waals surface area contributed by atoms with E-state index in [1.165, 1.54) is 26.1 Å². The van der Waals surface area contributed by atoms with Crippen LogP contribution in [0.3, 0.4) is 0 Å². The van der Waals surface area contributed by atoms with E-state index in [2.05, 4.69) is 54.7 Å². The Labute approximate surface area is 209 Å². The van der Waals surface area contributed by atoms with Crippen molar-refractivity contribution < 1.29 is 14.6 Å².